The van der Waals surface area contributed by atoms with Gasteiger partial charge in [0, 0.05) is 6.08 Å². The van der Waals surface area contributed by atoms with Crippen molar-refractivity contribution in [3.63, 3.8) is 0 Å². The molecule has 20 heavy (non-hydrogen) atoms. The highest BCUT2D eigenvalue weighted by Crippen LogP contribution is 2.27. The van der Waals surface area contributed by atoms with Gasteiger partial charge in [-0.1, -0.05) is 43.0 Å². The van der Waals surface area contributed by atoms with Crippen molar-refractivity contribution in [2.75, 3.05) is 0 Å². The Bertz CT molecular complexity index is 580. The van der Waals surface area contributed by atoms with Crippen LogP contribution in [0, 0.1) is 0 Å². The van der Waals surface area contributed by atoms with Crippen LogP contribution in [0.5, 0.6) is 5.75 Å². The van der Waals surface area contributed by atoms with Gasteiger partial charge in [0.25, 0.3) is 0 Å². The smallest absolute Gasteiger partial charge is 0.401 e. The third-order valence-electron chi connectivity index (χ3n) is 2.54. The molecular weight excluding hydrogens is 256 g/mol. The summed E-state index contributed by atoms with van der Waals surface area (Å²) in [5.41, 5.74) is 0.305. The van der Waals surface area contributed by atoms with E-state index >= 15 is 0 Å². The Morgan fingerprint density at radius 3 is 2.15 bits per heavy atom. The zero-order valence-corrected chi connectivity index (χ0v) is 10.7. The minimum Gasteiger partial charge on any atom is -0.426 e. The average Bonchev–Trinajstić information content (AvgIpc) is 2.49. The molecule has 0 saturated heterocycles. The van der Waals surface area contributed by atoms with Gasteiger partial charge in [0.15, 0.2) is 0 Å². The molecule has 0 amide bonds. The molecule has 4 nitrogen and oxygen atoms in total. The van der Waals surface area contributed by atoms with E-state index in [4.69, 9.17) is 9.47 Å². The maximum absolute atomic E-state index is 11.4. The minimum atomic E-state index is -2.20. The first-order valence-electron chi connectivity index (χ1n) is 6.01. The van der Waals surface area contributed by atoms with Crippen molar-refractivity contribution >= 4 is 5.97 Å². The van der Waals surface area contributed by atoms with Gasteiger partial charge in [-0.3, -0.25) is 0 Å². The molecule has 0 aromatic heterocycles. The summed E-state index contributed by atoms with van der Waals surface area (Å²) in [6.07, 6.45) is 0.961. The number of ether oxygens (including phenoxy) is 2. The zero-order valence-electron chi connectivity index (χ0n) is 10.7. The lowest BCUT2D eigenvalue weighted by Gasteiger charge is -2.27. The fourth-order valence-electron chi connectivity index (χ4n) is 1.61. The van der Waals surface area contributed by atoms with E-state index < -0.39 is 11.9 Å². The van der Waals surface area contributed by atoms with Crippen molar-refractivity contribution in [2.24, 2.45) is 0 Å². The number of aliphatic hydroxyl groups is 1. The van der Waals surface area contributed by atoms with E-state index in [2.05, 4.69) is 6.58 Å². The van der Waals surface area contributed by atoms with Crippen molar-refractivity contribution < 1.29 is 19.4 Å². The van der Waals surface area contributed by atoms with Crippen molar-refractivity contribution in [1.29, 1.82) is 0 Å². The van der Waals surface area contributed by atoms with Crippen LogP contribution in [0.1, 0.15) is 5.56 Å². The molecule has 0 bridgehead atoms. The van der Waals surface area contributed by atoms with Gasteiger partial charge in [0.2, 0.25) is 0 Å². The Labute approximate surface area is 116 Å². The van der Waals surface area contributed by atoms with Crippen LogP contribution in [0.2, 0.25) is 0 Å². The van der Waals surface area contributed by atoms with Gasteiger partial charge in [-0.2, -0.15) is 0 Å². The first-order chi connectivity index (χ1) is 9.64. The quantitative estimate of drug-likeness (QED) is 0.515. The summed E-state index contributed by atoms with van der Waals surface area (Å²) in [6.45, 7) is 3.30. The molecule has 2 aromatic rings. The first kappa shape index (κ1) is 13.8. The molecule has 0 aliphatic heterocycles. The molecule has 1 atom stereocenters. The van der Waals surface area contributed by atoms with Crippen molar-refractivity contribution in [3.8, 4) is 5.75 Å². The molecule has 0 spiro atoms. The highest BCUT2D eigenvalue weighted by molar-refractivity contribution is 5.81. The predicted octanol–water partition coefficient (Wildman–Crippen LogP) is 2.60. The molecule has 0 radical (unpaired) electrons. The monoisotopic (exact) mass is 270 g/mol. The van der Waals surface area contributed by atoms with Crippen LogP contribution in [-0.4, -0.2) is 11.1 Å². The van der Waals surface area contributed by atoms with E-state index in [1.165, 1.54) is 0 Å². The highest BCUT2D eigenvalue weighted by atomic mass is 16.8. The number of hydrogen-bond acceptors (Lipinski definition) is 4. The summed E-state index contributed by atoms with van der Waals surface area (Å²) in [4.78, 5) is 11.4. The van der Waals surface area contributed by atoms with Gasteiger partial charge < -0.3 is 14.6 Å². The average molecular weight is 270 g/mol. The van der Waals surface area contributed by atoms with Crippen LogP contribution in [0.25, 0.3) is 0 Å². The largest absolute Gasteiger partial charge is 0.426 e. The molecular formula is C16H14O4. The third-order valence-corrected chi connectivity index (χ3v) is 2.54. The van der Waals surface area contributed by atoms with Crippen LogP contribution in [0.3, 0.4) is 0 Å². The predicted molar refractivity (Wildman–Crippen MR) is 73.7 cm³/mol. The lowest BCUT2D eigenvalue weighted by atomic mass is 10.2. The van der Waals surface area contributed by atoms with Gasteiger partial charge in [0.05, 0.1) is 5.56 Å². The molecule has 0 saturated carbocycles. The van der Waals surface area contributed by atoms with Gasteiger partial charge in [-0.25, -0.2) is 4.79 Å². The summed E-state index contributed by atoms with van der Waals surface area (Å²) in [5, 5.41) is 10.5. The fraction of sp³-hybridized carbons (Fsp3) is 0.0625. The Hall–Kier alpha value is -2.59. The second kappa shape index (κ2) is 6.04. The minimum absolute atomic E-state index is 0.305. The summed E-state index contributed by atoms with van der Waals surface area (Å²) in [7, 11) is 0. The van der Waals surface area contributed by atoms with E-state index in [0.29, 0.717) is 11.3 Å². The molecule has 2 aromatic carbocycles. The van der Waals surface area contributed by atoms with E-state index in [0.717, 1.165) is 6.08 Å². The van der Waals surface area contributed by atoms with Gasteiger partial charge in [0.1, 0.15) is 5.75 Å². The summed E-state index contributed by atoms with van der Waals surface area (Å²) < 4.78 is 10.4. The molecule has 102 valence electrons. The molecule has 1 N–H and O–H groups in total. The molecule has 2 rings (SSSR count). The summed E-state index contributed by atoms with van der Waals surface area (Å²) in [6, 6.07) is 17.0. The topological polar surface area (TPSA) is 55.8 Å². The SMILES string of the molecule is C=CC(=O)OC(O)(Oc1ccccc1)c1ccccc1. The zero-order chi connectivity index (χ0) is 14.4. The first-order valence-corrected chi connectivity index (χ1v) is 6.01. The van der Waals surface area contributed by atoms with Crippen LogP contribution >= 0.6 is 0 Å². The second-order valence-corrected chi connectivity index (χ2v) is 3.99. The van der Waals surface area contributed by atoms with E-state index in [-0.39, 0.29) is 0 Å². The summed E-state index contributed by atoms with van der Waals surface area (Å²) in [5.74, 6) is -2.61. The Morgan fingerprint density at radius 2 is 1.60 bits per heavy atom. The Kier molecular flexibility index (Phi) is 4.17. The molecule has 0 heterocycles. The third kappa shape index (κ3) is 3.24. The van der Waals surface area contributed by atoms with Gasteiger partial charge in [-0.05, 0) is 24.3 Å². The normalized spacial score (nSPS) is 13.1. The Morgan fingerprint density at radius 1 is 1.05 bits per heavy atom. The number of carbonyl (C=O) groups is 1. The van der Waals surface area contributed by atoms with Crippen molar-refractivity contribution in [1.82, 2.24) is 0 Å². The second-order valence-electron chi connectivity index (χ2n) is 3.99. The van der Waals surface area contributed by atoms with Gasteiger partial charge >= 0.3 is 11.9 Å². The number of esters is 1. The van der Waals surface area contributed by atoms with Crippen LogP contribution in [0.15, 0.2) is 73.3 Å². The van der Waals surface area contributed by atoms with Crippen LogP contribution in [0.4, 0.5) is 0 Å². The lowest BCUT2D eigenvalue weighted by Crippen LogP contribution is -2.37. The molecule has 1 unspecified atom stereocenters. The standard InChI is InChI=1S/C16H14O4/c1-2-15(17)20-16(18,13-9-5-3-6-10-13)19-14-11-7-4-8-12-14/h2-12,18H,1H2. The number of hydrogen-bond donors (Lipinski definition) is 1. The number of carbonyl (C=O) groups excluding carboxylic acids is 1. The van der Waals surface area contributed by atoms with Crippen molar-refractivity contribution in [3.05, 3.63) is 78.9 Å². The van der Waals surface area contributed by atoms with Gasteiger partial charge in [-0.15, -0.1) is 0 Å². The highest BCUT2D eigenvalue weighted by Gasteiger charge is 2.36. The van der Waals surface area contributed by atoms with E-state index in [1.807, 2.05) is 6.07 Å². The molecule has 0 fully saturated rings. The lowest BCUT2D eigenvalue weighted by molar-refractivity contribution is -0.310. The van der Waals surface area contributed by atoms with Crippen LogP contribution < -0.4 is 4.74 Å². The number of rotatable bonds is 5. The van der Waals surface area contributed by atoms with Crippen LogP contribution in [-0.2, 0) is 15.5 Å². The molecule has 0 aliphatic carbocycles. The number of para-hydroxylation sites is 1. The molecule has 0 aliphatic rings. The van der Waals surface area contributed by atoms with Crippen molar-refractivity contribution in [2.45, 2.75) is 5.97 Å². The maximum atomic E-state index is 11.4. The molecule has 4 heteroatoms. The Balaban J connectivity index is 2.33. The number of benzene rings is 2. The van der Waals surface area contributed by atoms with E-state index in [1.54, 1.807) is 54.6 Å². The van der Waals surface area contributed by atoms with E-state index in [9.17, 15) is 9.90 Å². The summed E-state index contributed by atoms with van der Waals surface area (Å²) >= 11 is 0. The maximum Gasteiger partial charge on any atom is 0.401 e. The fourth-order valence-corrected chi connectivity index (χ4v) is 1.61.